The van der Waals surface area contributed by atoms with Crippen LogP contribution in [-0.4, -0.2) is 42.1 Å². The summed E-state index contributed by atoms with van der Waals surface area (Å²) >= 11 is 0. The molecule has 0 aliphatic carbocycles. The molecule has 0 bridgehead atoms. The van der Waals surface area contributed by atoms with Gasteiger partial charge in [-0.3, -0.25) is 0 Å². The van der Waals surface area contributed by atoms with E-state index in [-0.39, 0.29) is 17.6 Å². The maximum atomic E-state index is 12.9. The van der Waals surface area contributed by atoms with Gasteiger partial charge in [0.1, 0.15) is 5.82 Å². The number of pyridine rings is 1. The third-order valence-electron chi connectivity index (χ3n) is 3.86. The number of halogens is 6. The van der Waals surface area contributed by atoms with Crippen molar-refractivity contribution in [1.29, 1.82) is 0 Å². The molecule has 10 heteroatoms. The highest BCUT2D eigenvalue weighted by atomic mass is 19.4. The highest BCUT2D eigenvalue weighted by molar-refractivity contribution is 5.44. The maximum absolute atomic E-state index is 12.9. The lowest BCUT2D eigenvalue weighted by Gasteiger charge is -2.33. The zero-order valence-corrected chi connectivity index (χ0v) is 13.2. The maximum Gasteiger partial charge on any atom is 0.416 e. The fourth-order valence-electron chi connectivity index (χ4n) is 2.57. The first kappa shape index (κ1) is 19.8. The molecule has 0 spiro atoms. The van der Waals surface area contributed by atoms with Crippen molar-refractivity contribution in [2.24, 2.45) is 0 Å². The average molecular weight is 372 g/mol. The van der Waals surface area contributed by atoms with E-state index in [4.69, 9.17) is 9.84 Å². The number of rotatable bonds is 5. The first-order chi connectivity index (χ1) is 11.6. The average Bonchev–Trinajstić information content (AvgIpc) is 2.53. The molecule has 1 aliphatic heterocycles. The van der Waals surface area contributed by atoms with Crippen molar-refractivity contribution in [3.8, 4) is 0 Å². The molecule has 0 amide bonds. The van der Waals surface area contributed by atoms with E-state index in [1.807, 2.05) is 0 Å². The normalized spacial score (nSPS) is 17.2. The first-order valence-corrected chi connectivity index (χ1v) is 7.71. The van der Waals surface area contributed by atoms with Crippen molar-refractivity contribution in [2.75, 3.05) is 24.6 Å². The zero-order valence-electron chi connectivity index (χ0n) is 13.2. The molecular formula is C15H18F6N2O2. The lowest BCUT2D eigenvalue weighted by atomic mass is 10.1. The molecule has 1 fully saturated rings. The van der Waals surface area contributed by atoms with Gasteiger partial charge in [0.25, 0.3) is 0 Å². The molecule has 0 radical (unpaired) electrons. The fraction of sp³-hybridized carbons (Fsp3) is 0.667. The Hall–Kier alpha value is -1.55. The summed E-state index contributed by atoms with van der Waals surface area (Å²) in [6.07, 6.45) is -9.43. The van der Waals surface area contributed by atoms with Crippen LogP contribution in [0.2, 0.25) is 0 Å². The van der Waals surface area contributed by atoms with Crippen LogP contribution in [0.3, 0.4) is 0 Å². The number of hydrogen-bond donors (Lipinski definition) is 1. The second-order valence-electron chi connectivity index (χ2n) is 5.78. The smallest absolute Gasteiger partial charge is 0.390 e. The highest BCUT2D eigenvalue weighted by Crippen LogP contribution is 2.32. The highest BCUT2D eigenvalue weighted by Gasteiger charge is 2.33. The molecule has 1 aromatic rings. The van der Waals surface area contributed by atoms with Gasteiger partial charge >= 0.3 is 12.4 Å². The summed E-state index contributed by atoms with van der Waals surface area (Å²) in [5, 5.41) is 9.10. The summed E-state index contributed by atoms with van der Waals surface area (Å²) in [4.78, 5) is 5.60. The largest absolute Gasteiger partial charge is 0.416 e. The quantitative estimate of drug-likeness (QED) is 0.804. The summed E-state index contributed by atoms with van der Waals surface area (Å²) in [6, 6.07) is 1.69. The van der Waals surface area contributed by atoms with Gasteiger partial charge in [0.2, 0.25) is 0 Å². The van der Waals surface area contributed by atoms with Gasteiger partial charge in [-0.05, 0) is 25.0 Å². The van der Waals surface area contributed by atoms with Gasteiger partial charge in [-0.1, -0.05) is 0 Å². The Balaban J connectivity index is 1.96. The van der Waals surface area contributed by atoms with E-state index in [0.717, 1.165) is 12.1 Å². The van der Waals surface area contributed by atoms with Gasteiger partial charge in [0.05, 0.1) is 37.0 Å². The fourth-order valence-corrected chi connectivity index (χ4v) is 2.57. The molecule has 0 unspecified atom stereocenters. The summed E-state index contributed by atoms with van der Waals surface area (Å²) in [7, 11) is 0. The number of aliphatic hydroxyl groups excluding tert-OH is 1. The second-order valence-corrected chi connectivity index (χ2v) is 5.78. The SMILES string of the molecule is OCc1cc(C(F)(F)F)cc(N2CCC(OCCC(F)(F)F)CC2)n1. The van der Waals surface area contributed by atoms with Gasteiger partial charge in [0.15, 0.2) is 0 Å². The Labute approximate surface area is 140 Å². The number of hydrogen-bond acceptors (Lipinski definition) is 4. The van der Waals surface area contributed by atoms with Crippen LogP contribution in [-0.2, 0) is 17.5 Å². The molecule has 1 aromatic heterocycles. The summed E-state index contributed by atoms with van der Waals surface area (Å²) in [5.74, 6) is 0.0904. The van der Waals surface area contributed by atoms with Gasteiger partial charge in [-0.2, -0.15) is 26.3 Å². The van der Waals surface area contributed by atoms with E-state index >= 15 is 0 Å². The number of nitrogens with zero attached hydrogens (tertiary/aromatic N) is 2. The Bertz CT molecular complexity index is 568. The predicted octanol–water partition coefficient (Wildman–Crippen LogP) is 3.53. The van der Waals surface area contributed by atoms with E-state index in [2.05, 4.69) is 4.98 Å². The summed E-state index contributed by atoms with van der Waals surface area (Å²) < 4.78 is 80.2. The standard InChI is InChI=1S/C15H18F6N2O2/c16-14(17,18)3-6-25-12-1-4-23(5-2-12)13-8-10(15(19,20)21)7-11(9-24)22-13/h7-8,12,24H,1-6,9H2. The molecular weight excluding hydrogens is 354 g/mol. The topological polar surface area (TPSA) is 45.6 Å². The number of aromatic nitrogens is 1. The van der Waals surface area contributed by atoms with E-state index < -0.39 is 37.6 Å². The Morgan fingerprint density at radius 2 is 1.76 bits per heavy atom. The number of anilines is 1. The van der Waals surface area contributed by atoms with Gasteiger partial charge in [0, 0.05) is 13.1 Å². The van der Waals surface area contributed by atoms with Crippen LogP contribution in [0, 0.1) is 0 Å². The van der Waals surface area contributed by atoms with Crippen LogP contribution in [0.5, 0.6) is 0 Å². The first-order valence-electron chi connectivity index (χ1n) is 7.71. The number of ether oxygens (including phenoxy) is 1. The molecule has 1 aliphatic rings. The van der Waals surface area contributed by atoms with E-state index in [0.29, 0.717) is 25.9 Å². The number of piperidine rings is 1. The van der Waals surface area contributed by atoms with Crippen LogP contribution in [0.1, 0.15) is 30.5 Å². The molecule has 2 heterocycles. The predicted molar refractivity (Wildman–Crippen MR) is 77.0 cm³/mol. The Morgan fingerprint density at radius 3 is 2.28 bits per heavy atom. The van der Waals surface area contributed by atoms with Crippen LogP contribution in [0.4, 0.5) is 32.2 Å². The molecule has 0 aromatic carbocycles. The molecule has 0 atom stereocenters. The molecule has 25 heavy (non-hydrogen) atoms. The summed E-state index contributed by atoms with van der Waals surface area (Å²) in [6.45, 7) is -0.412. The monoisotopic (exact) mass is 372 g/mol. The third kappa shape index (κ3) is 6.03. The van der Waals surface area contributed by atoms with E-state index in [1.165, 1.54) is 0 Å². The van der Waals surface area contributed by atoms with Crippen LogP contribution in [0.15, 0.2) is 12.1 Å². The lowest BCUT2D eigenvalue weighted by Crippen LogP contribution is -2.38. The Kier molecular flexibility index (Phi) is 6.15. The van der Waals surface area contributed by atoms with E-state index in [9.17, 15) is 26.3 Å². The molecule has 1 saturated heterocycles. The van der Waals surface area contributed by atoms with Crippen LogP contribution < -0.4 is 4.90 Å². The van der Waals surface area contributed by atoms with Crippen molar-refractivity contribution in [3.63, 3.8) is 0 Å². The van der Waals surface area contributed by atoms with Gasteiger partial charge in [-0.15, -0.1) is 0 Å². The van der Waals surface area contributed by atoms with Crippen molar-refractivity contribution in [3.05, 3.63) is 23.4 Å². The molecule has 4 nitrogen and oxygen atoms in total. The lowest BCUT2D eigenvalue weighted by molar-refractivity contribution is -0.149. The van der Waals surface area contributed by atoms with Crippen molar-refractivity contribution < 1.29 is 36.2 Å². The minimum absolute atomic E-state index is 0.0895. The van der Waals surface area contributed by atoms with E-state index in [1.54, 1.807) is 4.90 Å². The molecule has 1 N–H and O–H groups in total. The Morgan fingerprint density at radius 1 is 1.12 bits per heavy atom. The minimum Gasteiger partial charge on any atom is -0.390 e. The number of alkyl halides is 6. The van der Waals surface area contributed by atoms with Crippen molar-refractivity contribution >= 4 is 5.82 Å². The third-order valence-corrected chi connectivity index (χ3v) is 3.86. The van der Waals surface area contributed by atoms with Crippen molar-refractivity contribution in [1.82, 2.24) is 4.98 Å². The number of aliphatic hydroxyl groups is 1. The van der Waals surface area contributed by atoms with Crippen LogP contribution >= 0.6 is 0 Å². The van der Waals surface area contributed by atoms with Crippen LogP contribution in [0.25, 0.3) is 0 Å². The summed E-state index contributed by atoms with van der Waals surface area (Å²) in [5.41, 5.74) is -0.988. The van der Waals surface area contributed by atoms with Crippen molar-refractivity contribution in [2.45, 2.75) is 44.3 Å². The molecule has 142 valence electrons. The zero-order chi connectivity index (χ0) is 18.7. The molecule has 0 saturated carbocycles. The second kappa shape index (κ2) is 7.77. The van der Waals surface area contributed by atoms with Gasteiger partial charge < -0.3 is 14.7 Å². The minimum atomic E-state index is -4.55. The molecule has 2 rings (SSSR count). The van der Waals surface area contributed by atoms with Gasteiger partial charge in [-0.25, -0.2) is 4.98 Å².